The lowest BCUT2D eigenvalue weighted by molar-refractivity contribution is -0.133. The number of aliphatic carboxylic acids is 1. The van der Waals surface area contributed by atoms with Crippen molar-refractivity contribution in [3.63, 3.8) is 0 Å². The van der Waals surface area contributed by atoms with Crippen molar-refractivity contribution in [3.05, 3.63) is 11.1 Å². The van der Waals surface area contributed by atoms with Crippen molar-refractivity contribution in [2.45, 2.75) is 34.6 Å². The van der Waals surface area contributed by atoms with E-state index in [0.29, 0.717) is 5.57 Å². The molecule has 0 heterocycles. The highest BCUT2D eigenvalue weighted by Gasteiger charge is 2.27. The number of allylic oxidation sites excluding steroid dienone is 1. The maximum absolute atomic E-state index is 10.7. The van der Waals surface area contributed by atoms with Gasteiger partial charge < -0.3 is 46.0 Å². The maximum Gasteiger partial charge on any atom is 0.332 e. The van der Waals surface area contributed by atoms with Crippen molar-refractivity contribution in [2.75, 3.05) is 52.9 Å². The van der Waals surface area contributed by atoms with Gasteiger partial charge in [-0.3, -0.25) is 0 Å². The van der Waals surface area contributed by atoms with E-state index in [4.69, 9.17) is 46.0 Å². The number of carbonyl (C=O) groups is 1. The van der Waals surface area contributed by atoms with Gasteiger partial charge >= 0.3 is 5.97 Å². The third-order valence-corrected chi connectivity index (χ3v) is 4.15. The van der Waals surface area contributed by atoms with Crippen LogP contribution in [0.2, 0.25) is 0 Å². The first-order chi connectivity index (χ1) is 13.3. The first-order valence-electron chi connectivity index (χ1n) is 9.04. The van der Waals surface area contributed by atoms with E-state index in [1.807, 2.05) is 34.6 Å². The van der Waals surface area contributed by atoms with Gasteiger partial charge in [-0.15, -0.1) is 0 Å². The van der Waals surface area contributed by atoms with Gasteiger partial charge in [0.15, 0.2) is 0 Å². The Morgan fingerprint density at radius 2 is 0.793 bits per heavy atom. The quantitative estimate of drug-likeness (QED) is 0.191. The summed E-state index contributed by atoms with van der Waals surface area (Å²) in [5.74, 6) is -0.808. The molecule has 10 nitrogen and oxygen atoms in total. The molecular formula is C19H40O10. The van der Waals surface area contributed by atoms with Crippen LogP contribution in [-0.2, 0) is 4.79 Å². The highest BCUT2D eigenvalue weighted by molar-refractivity contribution is 5.88. The Morgan fingerprint density at radius 1 is 0.586 bits per heavy atom. The van der Waals surface area contributed by atoms with E-state index in [0.717, 1.165) is 5.57 Å². The molecule has 10 heteroatoms. The van der Waals surface area contributed by atoms with Gasteiger partial charge in [0.2, 0.25) is 0 Å². The normalized spacial score (nSPS) is 11.6. The summed E-state index contributed by atoms with van der Waals surface area (Å²) < 4.78 is 0. The Morgan fingerprint density at radius 3 is 0.793 bits per heavy atom. The fraction of sp³-hybridized carbons (Fsp3) is 0.842. The summed E-state index contributed by atoms with van der Waals surface area (Å²) in [6.45, 7) is 6.12. The number of hydrogen-bond acceptors (Lipinski definition) is 9. The smallest absolute Gasteiger partial charge is 0.332 e. The summed E-state index contributed by atoms with van der Waals surface area (Å²) >= 11 is 0. The average molecular weight is 429 g/mol. The first kappa shape index (κ1) is 32.6. The highest BCUT2D eigenvalue weighted by atomic mass is 16.4. The molecule has 9 N–H and O–H groups in total. The predicted octanol–water partition coefficient (Wildman–Crippen LogP) is -1.66. The van der Waals surface area contributed by atoms with E-state index in [2.05, 4.69) is 0 Å². The monoisotopic (exact) mass is 428 g/mol. The standard InChI is InChI=1S/C9H16O2.2C5H12O4/c1-6(2)7(8(10)11)9(3,4)5;2*6-1-5(2-7,3-8)4-9/h1-5H3,(H,10,11);2*6-9H,1-4H2. The average Bonchev–Trinajstić information content (AvgIpc) is 2.65. The number of rotatable bonds is 9. The summed E-state index contributed by atoms with van der Waals surface area (Å²) in [6.07, 6.45) is 0. The third kappa shape index (κ3) is 12.2. The van der Waals surface area contributed by atoms with Gasteiger partial charge in [-0.25, -0.2) is 4.79 Å². The van der Waals surface area contributed by atoms with Crippen LogP contribution in [0.4, 0.5) is 0 Å². The lowest BCUT2D eigenvalue weighted by Crippen LogP contribution is -2.37. The van der Waals surface area contributed by atoms with Crippen molar-refractivity contribution in [3.8, 4) is 0 Å². The fourth-order valence-electron chi connectivity index (χ4n) is 1.88. The number of aliphatic hydroxyl groups is 8. The third-order valence-electron chi connectivity index (χ3n) is 4.15. The summed E-state index contributed by atoms with van der Waals surface area (Å²) in [6, 6.07) is 0. The molecule has 0 saturated heterocycles. The van der Waals surface area contributed by atoms with Gasteiger partial charge in [-0.05, 0) is 19.3 Å². The van der Waals surface area contributed by atoms with E-state index in [-0.39, 0.29) is 5.41 Å². The van der Waals surface area contributed by atoms with E-state index in [1.165, 1.54) is 0 Å². The molecule has 0 aliphatic heterocycles. The first-order valence-corrected chi connectivity index (χ1v) is 9.04. The van der Waals surface area contributed by atoms with Crippen molar-refractivity contribution < 1.29 is 50.8 Å². The maximum atomic E-state index is 10.7. The summed E-state index contributed by atoms with van der Waals surface area (Å²) in [4.78, 5) is 10.7. The molecule has 0 rings (SSSR count). The zero-order chi connectivity index (χ0) is 23.9. The van der Waals surface area contributed by atoms with E-state index < -0.39 is 69.7 Å². The molecule has 176 valence electrons. The van der Waals surface area contributed by atoms with Crippen molar-refractivity contribution >= 4 is 5.97 Å². The molecule has 0 unspecified atom stereocenters. The van der Waals surface area contributed by atoms with Gasteiger partial charge in [0, 0.05) is 5.57 Å². The van der Waals surface area contributed by atoms with E-state index in [1.54, 1.807) is 0 Å². The lowest BCUT2D eigenvalue weighted by Gasteiger charge is -2.23. The van der Waals surface area contributed by atoms with Crippen LogP contribution in [0.25, 0.3) is 0 Å². The molecule has 0 amide bonds. The molecule has 0 fully saturated rings. The lowest BCUT2D eigenvalue weighted by atomic mass is 9.84. The summed E-state index contributed by atoms with van der Waals surface area (Å²) in [7, 11) is 0. The molecular weight excluding hydrogens is 388 g/mol. The van der Waals surface area contributed by atoms with Crippen LogP contribution in [0.3, 0.4) is 0 Å². The number of carboxylic acid groups (broad SMARTS) is 1. The second kappa shape index (κ2) is 15.7. The molecule has 0 aliphatic rings. The van der Waals surface area contributed by atoms with Crippen LogP contribution in [0.5, 0.6) is 0 Å². The second-order valence-corrected chi connectivity index (χ2v) is 8.20. The zero-order valence-corrected chi connectivity index (χ0v) is 18.1. The number of carboxylic acids is 1. The largest absolute Gasteiger partial charge is 0.478 e. The molecule has 0 atom stereocenters. The van der Waals surface area contributed by atoms with Gasteiger partial charge in [-0.1, -0.05) is 26.3 Å². The Labute approximate surface area is 172 Å². The van der Waals surface area contributed by atoms with Gasteiger partial charge in [-0.2, -0.15) is 0 Å². The number of hydrogen-bond donors (Lipinski definition) is 9. The Bertz CT molecular complexity index is 401. The highest BCUT2D eigenvalue weighted by Crippen LogP contribution is 2.27. The van der Waals surface area contributed by atoms with Crippen molar-refractivity contribution in [1.82, 2.24) is 0 Å². The predicted molar refractivity (Wildman–Crippen MR) is 107 cm³/mol. The SMILES string of the molecule is CC(C)=C(C(=O)O)C(C)(C)C.OCC(CO)(CO)CO.OCC(CO)(CO)CO. The molecule has 0 aromatic heterocycles. The molecule has 0 aromatic rings. The molecule has 29 heavy (non-hydrogen) atoms. The van der Waals surface area contributed by atoms with Crippen LogP contribution in [0, 0.1) is 16.2 Å². The van der Waals surface area contributed by atoms with Crippen molar-refractivity contribution in [2.24, 2.45) is 16.2 Å². The minimum Gasteiger partial charge on any atom is -0.478 e. The van der Waals surface area contributed by atoms with Gasteiger partial charge in [0.05, 0.1) is 63.7 Å². The zero-order valence-electron chi connectivity index (χ0n) is 18.1. The van der Waals surface area contributed by atoms with E-state index in [9.17, 15) is 4.79 Å². The molecule has 0 saturated carbocycles. The minimum absolute atomic E-state index is 0.259. The topological polar surface area (TPSA) is 199 Å². The molecule has 0 aromatic carbocycles. The molecule has 0 aliphatic carbocycles. The van der Waals surface area contributed by atoms with Gasteiger partial charge in [0.1, 0.15) is 0 Å². The second-order valence-electron chi connectivity index (χ2n) is 8.20. The summed E-state index contributed by atoms with van der Waals surface area (Å²) in [5, 5.41) is 76.8. The van der Waals surface area contributed by atoms with Crippen LogP contribution in [0.15, 0.2) is 11.1 Å². The Kier molecular flexibility index (Phi) is 17.6. The van der Waals surface area contributed by atoms with Crippen LogP contribution >= 0.6 is 0 Å². The van der Waals surface area contributed by atoms with Crippen LogP contribution in [-0.4, -0.2) is 105 Å². The fourth-order valence-corrected chi connectivity index (χ4v) is 1.88. The molecule has 0 bridgehead atoms. The molecule has 0 spiro atoms. The van der Waals surface area contributed by atoms with Crippen LogP contribution in [0.1, 0.15) is 34.6 Å². The minimum atomic E-state index is -1.11. The molecule has 0 radical (unpaired) electrons. The van der Waals surface area contributed by atoms with E-state index >= 15 is 0 Å². The van der Waals surface area contributed by atoms with Gasteiger partial charge in [0.25, 0.3) is 0 Å². The number of aliphatic hydroxyl groups excluding tert-OH is 8. The Balaban J connectivity index is -0.000000352. The van der Waals surface area contributed by atoms with Crippen molar-refractivity contribution in [1.29, 1.82) is 0 Å². The van der Waals surface area contributed by atoms with Crippen LogP contribution < -0.4 is 0 Å². The Hall–Kier alpha value is -1.11. The summed E-state index contributed by atoms with van der Waals surface area (Å²) in [5.41, 5.74) is -1.09.